The predicted molar refractivity (Wildman–Crippen MR) is 65.0 cm³/mol. The summed E-state index contributed by atoms with van der Waals surface area (Å²) in [6.45, 7) is 1.41. The fourth-order valence-corrected chi connectivity index (χ4v) is 1.56. The van der Waals surface area contributed by atoms with Gasteiger partial charge in [-0.2, -0.15) is 0 Å². The van der Waals surface area contributed by atoms with E-state index in [2.05, 4.69) is 10.3 Å². The molecule has 0 fully saturated rings. The number of nitrogens with one attached hydrogen (secondary N) is 1. The minimum Gasteiger partial charge on any atom is -0.447 e. The first-order valence-electron chi connectivity index (χ1n) is 5.57. The van der Waals surface area contributed by atoms with Crippen molar-refractivity contribution in [1.29, 1.82) is 0 Å². The fraction of sp³-hybridized carbons (Fsp3) is 0.250. The van der Waals surface area contributed by atoms with E-state index in [1.807, 2.05) is 0 Å². The van der Waals surface area contributed by atoms with Crippen LogP contribution >= 0.6 is 0 Å². The van der Waals surface area contributed by atoms with Crippen molar-refractivity contribution in [2.75, 3.05) is 6.54 Å². The molecule has 0 saturated carbocycles. The average molecular weight is 247 g/mol. The summed E-state index contributed by atoms with van der Waals surface area (Å²) >= 11 is 0. The van der Waals surface area contributed by atoms with Gasteiger partial charge in [-0.05, 0) is 18.5 Å². The summed E-state index contributed by atoms with van der Waals surface area (Å²) in [4.78, 5) is 13.9. The molecule has 18 heavy (non-hydrogen) atoms. The number of aromatic nitrogens is 1. The van der Waals surface area contributed by atoms with E-state index >= 15 is 0 Å². The van der Waals surface area contributed by atoms with E-state index in [4.69, 9.17) is 4.42 Å². The van der Waals surface area contributed by atoms with E-state index in [0.717, 1.165) is 24.3 Å². The second kappa shape index (κ2) is 5.92. The molecule has 2 aromatic rings. The Balaban J connectivity index is 1.75. The van der Waals surface area contributed by atoms with Gasteiger partial charge in [0.25, 0.3) is 5.69 Å². The van der Waals surface area contributed by atoms with E-state index in [1.54, 1.807) is 18.3 Å². The molecule has 0 aliphatic heterocycles. The average Bonchev–Trinajstić information content (AvgIpc) is 2.88. The third-order valence-electron chi connectivity index (χ3n) is 2.52. The molecule has 1 N–H and O–H groups in total. The zero-order valence-electron chi connectivity index (χ0n) is 9.70. The minimum absolute atomic E-state index is 0.119. The van der Waals surface area contributed by atoms with Crippen LogP contribution in [-0.4, -0.2) is 16.5 Å². The Morgan fingerprint density at radius 3 is 2.72 bits per heavy atom. The summed E-state index contributed by atoms with van der Waals surface area (Å²) in [7, 11) is 0. The standard InChI is InChI=1S/C12H13N3O3/c16-15(17)11-3-1-10(2-4-11)5-6-13-7-12-8-14-9-18-12/h1-4,8-9,13H,5-7H2. The summed E-state index contributed by atoms with van der Waals surface area (Å²) in [6, 6.07) is 6.58. The van der Waals surface area contributed by atoms with E-state index in [9.17, 15) is 10.1 Å². The number of non-ortho nitro benzene ring substituents is 1. The van der Waals surface area contributed by atoms with Crippen LogP contribution in [0.2, 0.25) is 0 Å². The number of hydrogen-bond acceptors (Lipinski definition) is 5. The Hall–Kier alpha value is -2.21. The van der Waals surface area contributed by atoms with Gasteiger partial charge in [-0.15, -0.1) is 0 Å². The molecule has 0 atom stereocenters. The van der Waals surface area contributed by atoms with Gasteiger partial charge in [-0.1, -0.05) is 12.1 Å². The second-order valence-electron chi connectivity index (χ2n) is 3.82. The molecule has 1 heterocycles. The number of oxazole rings is 1. The lowest BCUT2D eigenvalue weighted by Gasteiger charge is -2.02. The van der Waals surface area contributed by atoms with Crippen LogP contribution in [0, 0.1) is 10.1 Å². The first-order valence-corrected chi connectivity index (χ1v) is 5.57. The Kier molecular flexibility index (Phi) is 4.03. The van der Waals surface area contributed by atoms with E-state index in [1.165, 1.54) is 18.5 Å². The summed E-state index contributed by atoms with van der Waals surface area (Å²) in [5.74, 6) is 0.790. The van der Waals surface area contributed by atoms with Gasteiger partial charge in [0.05, 0.1) is 17.7 Å². The molecule has 0 amide bonds. The zero-order valence-corrected chi connectivity index (χ0v) is 9.70. The molecule has 0 aliphatic carbocycles. The number of nitro groups is 1. The molecule has 94 valence electrons. The summed E-state index contributed by atoms with van der Waals surface area (Å²) in [6.07, 6.45) is 3.87. The lowest BCUT2D eigenvalue weighted by Crippen LogP contribution is -2.16. The van der Waals surface area contributed by atoms with Crippen LogP contribution < -0.4 is 5.32 Å². The molecule has 1 aromatic carbocycles. The Morgan fingerprint density at radius 1 is 1.33 bits per heavy atom. The van der Waals surface area contributed by atoms with Crippen LogP contribution in [0.1, 0.15) is 11.3 Å². The number of rotatable bonds is 6. The third-order valence-corrected chi connectivity index (χ3v) is 2.52. The zero-order chi connectivity index (χ0) is 12.8. The van der Waals surface area contributed by atoms with Gasteiger partial charge in [-0.3, -0.25) is 10.1 Å². The summed E-state index contributed by atoms with van der Waals surface area (Å²) in [5.41, 5.74) is 1.18. The first kappa shape index (κ1) is 12.3. The van der Waals surface area contributed by atoms with Gasteiger partial charge in [0.15, 0.2) is 6.39 Å². The maximum Gasteiger partial charge on any atom is 0.269 e. The minimum atomic E-state index is -0.397. The fourth-order valence-electron chi connectivity index (χ4n) is 1.56. The van der Waals surface area contributed by atoms with Crippen molar-refractivity contribution >= 4 is 5.69 Å². The van der Waals surface area contributed by atoms with Crippen molar-refractivity contribution in [3.05, 3.63) is 58.3 Å². The molecule has 1 aromatic heterocycles. The van der Waals surface area contributed by atoms with Gasteiger partial charge < -0.3 is 9.73 Å². The molecular formula is C12H13N3O3. The lowest BCUT2D eigenvalue weighted by molar-refractivity contribution is -0.384. The van der Waals surface area contributed by atoms with Crippen LogP contribution in [0.15, 0.2) is 41.3 Å². The third kappa shape index (κ3) is 3.39. The van der Waals surface area contributed by atoms with Gasteiger partial charge in [0, 0.05) is 12.1 Å². The van der Waals surface area contributed by atoms with Gasteiger partial charge in [0.1, 0.15) is 5.76 Å². The largest absolute Gasteiger partial charge is 0.447 e. The van der Waals surface area contributed by atoms with Crippen LogP contribution in [-0.2, 0) is 13.0 Å². The Morgan fingerprint density at radius 2 is 2.11 bits per heavy atom. The molecule has 0 saturated heterocycles. The summed E-state index contributed by atoms with van der Waals surface area (Å²) in [5, 5.41) is 13.7. The maximum atomic E-state index is 10.5. The molecule has 6 nitrogen and oxygen atoms in total. The van der Waals surface area contributed by atoms with Gasteiger partial charge in [-0.25, -0.2) is 4.98 Å². The lowest BCUT2D eigenvalue weighted by atomic mass is 10.1. The van der Waals surface area contributed by atoms with E-state index in [-0.39, 0.29) is 5.69 Å². The number of benzene rings is 1. The normalized spacial score (nSPS) is 10.4. The topological polar surface area (TPSA) is 81.2 Å². The van der Waals surface area contributed by atoms with E-state index < -0.39 is 4.92 Å². The molecule has 0 aliphatic rings. The van der Waals surface area contributed by atoms with Gasteiger partial charge >= 0.3 is 0 Å². The SMILES string of the molecule is O=[N+]([O-])c1ccc(CCNCc2cnco2)cc1. The highest BCUT2D eigenvalue weighted by molar-refractivity contribution is 5.32. The smallest absolute Gasteiger partial charge is 0.269 e. The molecule has 0 bridgehead atoms. The monoisotopic (exact) mass is 247 g/mol. The van der Waals surface area contributed by atoms with Gasteiger partial charge in [0.2, 0.25) is 0 Å². The van der Waals surface area contributed by atoms with Crippen molar-refractivity contribution < 1.29 is 9.34 Å². The highest BCUT2D eigenvalue weighted by Crippen LogP contribution is 2.11. The van der Waals surface area contributed by atoms with Crippen LogP contribution in [0.3, 0.4) is 0 Å². The van der Waals surface area contributed by atoms with Crippen LogP contribution in [0.25, 0.3) is 0 Å². The molecular weight excluding hydrogens is 234 g/mol. The highest BCUT2D eigenvalue weighted by Gasteiger charge is 2.03. The van der Waals surface area contributed by atoms with Crippen LogP contribution in [0.5, 0.6) is 0 Å². The van der Waals surface area contributed by atoms with Crippen molar-refractivity contribution in [2.24, 2.45) is 0 Å². The number of nitrogens with zero attached hydrogens (tertiary/aromatic N) is 2. The molecule has 0 unspecified atom stereocenters. The first-order chi connectivity index (χ1) is 8.75. The van der Waals surface area contributed by atoms with Crippen LogP contribution in [0.4, 0.5) is 5.69 Å². The number of hydrogen-bond donors (Lipinski definition) is 1. The molecule has 0 spiro atoms. The highest BCUT2D eigenvalue weighted by atomic mass is 16.6. The molecule has 0 radical (unpaired) electrons. The summed E-state index contributed by atoms with van der Waals surface area (Å²) < 4.78 is 5.08. The molecule has 2 rings (SSSR count). The maximum absolute atomic E-state index is 10.5. The quantitative estimate of drug-likeness (QED) is 0.479. The van der Waals surface area contributed by atoms with Crippen molar-refractivity contribution in [1.82, 2.24) is 10.3 Å². The Bertz CT molecular complexity index is 494. The van der Waals surface area contributed by atoms with Crippen molar-refractivity contribution in [3.8, 4) is 0 Å². The van der Waals surface area contributed by atoms with Crippen molar-refractivity contribution in [2.45, 2.75) is 13.0 Å². The van der Waals surface area contributed by atoms with Crippen molar-refractivity contribution in [3.63, 3.8) is 0 Å². The Labute approximate surface area is 104 Å². The molecule has 6 heteroatoms. The second-order valence-corrected chi connectivity index (χ2v) is 3.82. The number of nitro benzene ring substituents is 1. The van der Waals surface area contributed by atoms with E-state index in [0.29, 0.717) is 6.54 Å². The predicted octanol–water partition coefficient (Wildman–Crippen LogP) is 1.92.